The van der Waals surface area contributed by atoms with Crippen LogP contribution < -0.4 is 10.5 Å². The molecule has 0 saturated carbocycles. The highest BCUT2D eigenvalue weighted by Gasteiger charge is 2.17. The monoisotopic (exact) mass is 210 g/mol. The Morgan fingerprint density at radius 1 is 1.53 bits per heavy atom. The van der Waals surface area contributed by atoms with Crippen LogP contribution in [0.15, 0.2) is 18.2 Å². The van der Waals surface area contributed by atoms with Gasteiger partial charge in [0.05, 0.1) is 7.11 Å². The maximum atomic E-state index is 8.96. The van der Waals surface area contributed by atoms with Gasteiger partial charge >= 0.3 is 0 Å². The Labute approximate surface area is 90.1 Å². The molecular weight excluding hydrogens is 192 g/mol. The molecule has 15 heavy (non-hydrogen) atoms. The van der Waals surface area contributed by atoms with E-state index in [1.165, 1.54) is 0 Å². The maximum Gasteiger partial charge on any atom is 0.213 e. The van der Waals surface area contributed by atoms with Gasteiger partial charge in [-0.1, -0.05) is 6.07 Å². The van der Waals surface area contributed by atoms with E-state index in [9.17, 15) is 0 Å². The van der Waals surface area contributed by atoms with Crippen molar-refractivity contribution in [2.45, 2.75) is 25.3 Å². The average Bonchev–Trinajstić information content (AvgIpc) is 2.25. The van der Waals surface area contributed by atoms with Crippen LogP contribution in [0.25, 0.3) is 0 Å². The quantitative estimate of drug-likeness (QED) is 0.757. The molecule has 0 bridgehead atoms. The summed E-state index contributed by atoms with van der Waals surface area (Å²) in [6, 6.07) is 5.55. The molecule has 84 valence electrons. The fourth-order valence-corrected chi connectivity index (χ4v) is 1.57. The number of methoxy groups -OCH3 is 1. The molecule has 0 aromatic carbocycles. The van der Waals surface area contributed by atoms with Gasteiger partial charge in [-0.3, -0.25) is 0 Å². The molecule has 0 fully saturated rings. The summed E-state index contributed by atoms with van der Waals surface area (Å²) in [5.74, 6) is 0.654. The third-order valence-electron chi connectivity index (χ3n) is 2.41. The van der Waals surface area contributed by atoms with Crippen LogP contribution in [0.4, 0.5) is 0 Å². The summed E-state index contributed by atoms with van der Waals surface area (Å²) in [5, 5.41) is 8.96. The van der Waals surface area contributed by atoms with Crippen LogP contribution in [0, 0.1) is 0 Å². The van der Waals surface area contributed by atoms with Gasteiger partial charge in [0, 0.05) is 30.3 Å². The molecule has 1 aromatic heterocycles. The van der Waals surface area contributed by atoms with Gasteiger partial charge in [-0.05, 0) is 19.4 Å². The number of aliphatic hydroxyl groups excluding tert-OH is 1. The summed E-state index contributed by atoms with van der Waals surface area (Å²) in [7, 11) is 1.58. The minimum Gasteiger partial charge on any atom is -0.481 e. The van der Waals surface area contributed by atoms with E-state index >= 15 is 0 Å². The standard InChI is InChI=1S/C11H18N2O2/c1-8(12)9(6-7-14)10-4-3-5-11(13-10)15-2/h3-5,8-9,14H,6-7,12H2,1-2H3. The van der Waals surface area contributed by atoms with Crippen molar-refractivity contribution < 1.29 is 9.84 Å². The first kappa shape index (κ1) is 11.9. The van der Waals surface area contributed by atoms with E-state index in [4.69, 9.17) is 15.6 Å². The van der Waals surface area contributed by atoms with Crippen molar-refractivity contribution >= 4 is 0 Å². The van der Waals surface area contributed by atoms with E-state index in [0.29, 0.717) is 12.3 Å². The second-order valence-electron chi connectivity index (χ2n) is 3.58. The molecular formula is C11H18N2O2. The summed E-state index contributed by atoms with van der Waals surface area (Å²) in [6.45, 7) is 2.03. The highest BCUT2D eigenvalue weighted by molar-refractivity contribution is 5.19. The van der Waals surface area contributed by atoms with Crippen molar-refractivity contribution in [3.05, 3.63) is 23.9 Å². The number of rotatable bonds is 5. The maximum absolute atomic E-state index is 8.96. The molecule has 0 aliphatic heterocycles. The van der Waals surface area contributed by atoms with Crippen LogP contribution in [0.3, 0.4) is 0 Å². The number of nitrogens with two attached hydrogens (primary N) is 1. The fraction of sp³-hybridized carbons (Fsp3) is 0.545. The van der Waals surface area contributed by atoms with Crippen LogP contribution >= 0.6 is 0 Å². The summed E-state index contributed by atoms with van der Waals surface area (Å²) in [4.78, 5) is 4.32. The average molecular weight is 210 g/mol. The molecule has 0 aliphatic rings. The summed E-state index contributed by atoms with van der Waals surface area (Å²) in [5.41, 5.74) is 6.73. The molecule has 0 radical (unpaired) electrons. The Kier molecular flexibility index (Phi) is 4.52. The number of aliphatic hydroxyl groups is 1. The van der Waals surface area contributed by atoms with E-state index in [2.05, 4.69) is 4.98 Å². The lowest BCUT2D eigenvalue weighted by atomic mass is 9.94. The van der Waals surface area contributed by atoms with Crippen molar-refractivity contribution in [2.75, 3.05) is 13.7 Å². The second-order valence-corrected chi connectivity index (χ2v) is 3.58. The first-order valence-corrected chi connectivity index (χ1v) is 5.06. The van der Waals surface area contributed by atoms with Gasteiger partial charge in [0.2, 0.25) is 5.88 Å². The van der Waals surface area contributed by atoms with Crippen molar-refractivity contribution in [3.8, 4) is 5.88 Å². The van der Waals surface area contributed by atoms with Crippen LogP contribution in [0.1, 0.15) is 25.0 Å². The molecule has 4 heteroatoms. The van der Waals surface area contributed by atoms with Crippen LogP contribution in [-0.2, 0) is 0 Å². The molecule has 1 rings (SSSR count). The zero-order valence-corrected chi connectivity index (χ0v) is 9.18. The Balaban J connectivity index is 2.89. The highest BCUT2D eigenvalue weighted by Crippen LogP contribution is 2.22. The normalized spacial score (nSPS) is 14.7. The Morgan fingerprint density at radius 3 is 2.80 bits per heavy atom. The van der Waals surface area contributed by atoms with Crippen molar-refractivity contribution in [3.63, 3.8) is 0 Å². The predicted octanol–water partition coefficient (Wildman–Crippen LogP) is 0.903. The van der Waals surface area contributed by atoms with E-state index in [1.54, 1.807) is 13.2 Å². The van der Waals surface area contributed by atoms with E-state index in [-0.39, 0.29) is 18.6 Å². The van der Waals surface area contributed by atoms with Crippen molar-refractivity contribution in [2.24, 2.45) is 5.73 Å². The lowest BCUT2D eigenvalue weighted by molar-refractivity contribution is 0.267. The molecule has 0 aliphatic carbocycles. The molecule has 2 unspecified atom stereocenters. The molecule has 1 heterocycles. The van der Waals surface area contributed by atoms with Gasteiger partial charge in [-0.15, -0.1) is 0 Å². The topological polar surface area (TPSA) is 68.4 Å². The number of aromatic nitrogens is 1. The van der Waals surface area contributed by atoms with Gasteiger partial charge in [0.15, 0.2) is 0 Å². The Hall–Kier alpha value is -1.13. The number of hydrogen-bond acceptors (Lipinski definition) is 4. The third kappa shape index (κ3) is 3.18. The SMILES string of the molecule is COc1cccc(C(CCO)C(C)N)n1. The van der Waals surface area contributed by atoms with E-state index < -0.39 is 0 Å². The van der Waals surface area contributed by atoms with Gasteiger partial charge in [0.1, 0.15) is 0 Å². The lowest BCUT2D eigenvalue weighted by Crippen LogP contribution is -2.26. The molecule has 0 saturated heterocycles. The highest BCUT2D eigenvalue weighted by atomic mass is 16.5. The number of nitrogens with zero attached hydrogens (tertiary/aromatic N) is 1. The van der Waals surface area contributed by atoms with E-state index in [0.717, 1.165) is 5.69 Å². The molecule has 1 aromatic rings. The molecule has 4 nitrogen and oxygen atoms in total. The predicted molar refractivity (Wildman–Crippen MR) is 58.9 cm³/mol. The second kappa shape index (κ2) is 5.68. The number of ether oxygens (including phenoxy) is 1. The molecule has 0 spiro atoms. The Morgan fingerprint density at radius 2 is 2.27 bits per heavy atom. The van der Waals surface area contributed by atoms with Crippen LogP contribution in [0.2, 0.25) is 0 Å². The first-order valence-electron chi connectivity index (χ1n) is 5.06. The fourth-order valence-electron chi connectivity index (χ4n) is 1.57. The lowest BCUT2D eigenvalue weighted by Gasteiger charge is -2.19. The van der Waals surface area contributed by atoms with Gasteiger partial charge < -0.3 is 15.6 Å². The third-order valence-corrected chi connectivity index (χ3v) is 2.41. The van der Waals surface area contributed by atoms with Gasteiger partial charge in [0.25, 0.3) is 0 Å². The zero-order chi connectivity index (χ0) is 11.3. The zero-order valence-electron chi connectivity index (χ0n) is 9.18. The van der Waals surface area contributed by atoms with Gasteiger partial charge in [-0.2, -0.15) is 0 Å². The van der Waals surface area contributed by atoms with Crippen LogP contribution in [0.5, 0.6) is 5.88 Å². The molecule has 2 atom stereocenters. The molecule has 0 amide bonds. The van der Waals surface area contributed by atoms with Crippen molar-refractivity contribution in [1.82, 2.24) is 4.98 Å². The minimum absolute atomic E-state index is 0.0308. The largest absolute Gasteiger partial charge is 0.481 e. The number of hydrogen-bond donors (Lipinski definition) is 2. The van der Waals surface area contributed by atoms with Crippen molar-refractivity contribution in [1.29, 1.82) is 0 Å². The summed E-state index contributed by atoms with van der Waals surface area (Å²) >= 11 is 0. The molecule has 3 N–H and O–H groups in total. The minimum atomic E-state index is -0.0308. The van der Waals surface area contributed by atoms with E-state index in [1.807, 2.05) is 19.1 Å². The summed E-state index contributed by atoms with van der Waals surface area (Å²) in [6.07, 6.45) is 0.623. The number of pyridine rings is 1. The van der Waals surface area contributed by atoms with Gasteiger partial charge in [-0.25, -0.2) is 4.98 Å². The Bertz CT molecular complexity index is 302. The smallest absolute Gasteiger partial charge is 0.213 e. The summed E-state index contributed by atoms with van der Waals surface area (Å²) < 4.78 is 5.05. The first-order chi connectivity index (χ1) is 7.19. The van der Waals surface area contributed by atoms with Crippen LogP contribution in [-0.4, -0.2) is 29.8 Å².